The second-order valence-electron chi connectivity index (χ2n) is 3.41. The highest BCUT2D eigenvalue weighted by Crippen LogP contribution is 2.22. The topological polar surface area (TPSA) is 40.2 Å². The van der Waals surface area contributed by atoms with Crippen molar-refractivity contribution in [3.63, 3.8) is 0 Å². The maximum absolute atomic E-state index is 13.1. The third kappa shape index (κ3) is 1.73. The third-order valence-corrected chi connectivity index (χ3v) is 2.51. The van der Waals surface area contributed by atoms with Crippen LogP contribution in [0.5, 0.6) is 0 Å². The van der Waals surface area contributed by atoms with Gasteiger partial charge >= 0.3 is 0 Å². The second kappa shape index (κ2) is 4.00. The van der Waals surface area contributed by atoms with Crippen LogP contribution in [0.25, 0.3) is 10.9 Å². The first-order chi connectivity index (χ1) is 7.26. The van der Waals surface area contributed by atoms with Gasteiger partial charge in [-0.15, -0.1) is 0 Å². The molecule has 0 saturated heterocycles. The number of nitrogens with zero attached hydrogens (tertiary/aromatic N) is 1. The first-order valence-corrected chi connectivity index (χ1v) is 4.85. The van der Waals surface area contributed by atoms with Gasteiger partial charge < -0.3 is 4.57 Å². The quantitative estimate of drug-likeness (QED) is 0.785. The lowest BCUT2D eigenvalue weighted by Gasteiger charge is -1.99. The van der Waals surface area contributed by atoms with E-state index in [-0.39, 0.29) is 5.82 Å². The van der Waals surface area contributed by atoms with Gasteiger partial charge in [-0.3, -0.25) is 4.84 Å². The van der Waals surface area contributed by atoms with Gasteiger partial charge in [-0.2, -0.15) is 0 Å². The lowest BCUT2D eigenvalue weighted by molar-refractivity contribution is 0.125. The summed E-state index contributed by atoms with van der Waals surface area (Å²) in [5.74, 6) is 4.82. The van der Waals surface area contributed by atoms with Crippen LogP contribution in [0.2, 0.25) is 0 Å². The van der Waals surface area contributed by atoms with Gasteiger partial charge in [0.15, 0.2) is 0 Å². The van der Waals surface area contributed by atoms with Gasteiger partial charge in [-0.25, -0.2) is 10.3 Å². The highest BCUT2D eigenvalue weighted by molar-refractivity contribution is 5.83. The number of hydrogen-bond donors (Lipinski definition) is 1. The summed E-state index contributed by atoms with van der Waals surface area (Å²) in [5, 5.41) is 0.990. The largest absolute Gasteiger partial charge is 0.347 e. The van der Waals surface area contributed by atoms with Gasteiger partial charge in [0.2, 0.25) is 0 Å². The maximum atomic E-state index is 13.1. The van der Waals surface area contributed by atoms with Crippen molar-refractivity contribution in [3.05, 3.63) is 35.8 Å². The lowest BCUT2D eigenvalue weighted by Crippen LogP contribution is -1.98. The Balaban J connectivity index is 2.64. The fourth-order valence-electron chi connectivity index (χ4n) is 1.81. The maximum Gasteiger partial charge on any atom is 0.125 e. The zero-order chi connectivity index (χ0) is 10.8. The van der Waals surface area contributed by atoms with Crippen molar-refractivity contribution in [2.45, 2.75) is 20.1 Å². The van der Waals surface area contributed by atoms with Crippen LogP contribution in [0.3, 0.4) is 0 Å². The molecular weight excluding hydrogens is 195 g/mol. The van der Waals surface area contributed by atoms with E-state index in [9.17, 15) is 4.39 Å². The molecule has 4 heteroatoms. The Morgan fingerprint density at radius 1 is 1.47 bits per heavy atom. The molecule has 0 radical (unpaired) electrons. The van der Waals surface area contributed by atoms with Crippen molar-refractivity contribution in [3.8, 4) is 0 Å². The minimum atomic E-state index is -0.226. The van der Waals surface area contributed by atoms with Crippen LogP contribution in [0.1, 0.15) is 12.5 Å². The Hall–Kier alpha value is -1.39. The highest BCUT2D eigenvalue weighted by atomic mass is 19.1. The standard InChI is InChI=1S/C11H13FN2O/c1-2-14-6-8(7-15-13)10-4-3-9(12)5-11(10)14/h3-6H,2,7,13H2,1H3. The van der Waals surface area contributed by atoms with Gasteiger partial charge in [0, 0.05) is 23.7 Å². The molecule has 0 aliphatic heterocycles. The van der Waals surface area contributed by atoms with E-state index in [2.05, 4.69) is 4.84 Å². The van der Waals surface area contributed by atoms with Crippen molar-refractivity contribution in [2.24, 2.45) is 5.90 Å². The van der Waals surface area contributed by atoms with Crippen LogP contribution in [-0.4, -0.2) is 4.57 Å². The average molecular weight is 208 g/mol. The molecule has 3 nitrogen and oxygen atoms in total. The van der Waals surface area contributed by atoms with Crippen LogP contribution in [-0.2, 0) is 18.0 Å². The molecule has 0 aliphatic carbocycles. The summed E-state index contributed by atoms with van der Waals surface area (Å²) in [6, 6.07) is 4.73. The number of nitrogens with two attached hydrogens (primary N) is 1. The normalized spacial score (nSPS) is 11.1. The summed E-state index contributed by atoms with van der Waals surface area (Å²) < 4.78 is 15.1. The minimum absolute atomic E-state index is 0.226. The summed E-state index contributed by atoms with van der Waals surface area (Å²) in [5.41, 5.74) is 1.86. The van der Waals surface area contributed by atoms with Crippen molar-refractivity contribution in [1.29, 1.82) is 0 Å². The first kappa shape index (κ1) is 10.1. The summed E-state index contributed by atoms with van der Waals surface area (Å²) >= 11 is 0. The molecule has 1 heterocycles. The van der Waals surface area contributed by atoms with Crippen LogP contribution < -0.4 is 5.90 Å². The molecule has 0 unspecified atom stereocenters. The number of halogens is 1. The smallest absolute Gasteiger partial charge is 0.125 e. The highest BCUT2D eigenvalue weighted by Gasteiger charge is 2.08. The van der Waals surface area contributed by atoms with E-state index >= 15 is 0 Å². The Kier molecular flexibility index (Phi) is 2.70. The summed E-state index contributed by atoms with van der Waals surface area (Å²) in [6.45, 7) is 3.15. The molecule has 15 heavy (non-hydrogen) atoms. The Morgan fingerprint density at radius 3 is 2.93 bits per heavy atom. The number of aryl methyl sites for hydroxylation is 1. The zero-order valence-corrected chi connectivity index (χ0v) is 8.53. The van der Waals surface area contributed by atoms with E-state index in [1.54, 1.807) is 6.07 Å². The molecule has 0 saturated carbocycles. The van der Waals surface area contributed by atoms with Gasteiger partial charge in [-0.1, -0.05) is 0 Å². The molecule has 0 bridgehead atoms. The van der Waals surface area contributed by atoms with Crippen LogP contribution in [0, 0.1) is 5.82 Å². The van der Waals surface area contributed by atoms with Crippen LogP contribution in [0.15, 0.2) is 24.4 Å². The van der Waals surface area contributed by atoms with E-state index in [0.717, 1.165) is 23.0 Å². The number of rotatable bonds is 3. The monoisotopic (exact) mass is 208 g/mol. The van der Waals surface area contributed by atoms with Gasteiger partial charge in [-0.05, 0) is 25.1 Å². The van der Waals surface area contributed by atoms with Gasteiger partial charge in [0.1, 0.15) is 5.82 Å². The zero-order valence-electron chi connectivity index (χ0n) is 8.53. The van der Waals surface area contributed by atoms with Crippen molar-refractivity contribution >= 4 is 10.9 Å². The predicted molar refractivity (Wildman–Crippen MR) is 56.5 cm³/mol. The lowest BCUT2D eigenvalue weighted by atomic mass is 10.2. The molecular formula is C11H13FN2O. The Labute approximate surface area is 87.2 Å². The fourth-order valence-corrected chi connectivity index (χ4v) is 1.81. The van der Waals surface area contributed by atoms with Crippen molar-refractivity contribution in [1.82, 2.24) is 4.57 Å². The number of benzene rings is 1. The number of hydrogen-bond acceptors (Lipinski definition) is 2. The summed E-state index contributed by atoms with van der Waals surface area (Å²) in [6.07, 6.45) is 1.94. The number of fused-ring (bicyclic) bond motifs is 1. The third-order valence-electron chi connectivity index (χ3n) is 2.51. The summed E-state index contributed by atoms with van der Waals surface area (Å²) in [4.78, 5) is 4.62. The molecule has 0 atom stereocenters. The first-order valence-electron chi connectivity index (χ1n) is 4.85. The molecule has 0 aliphatic rings. The van der Waals surface area contributed by atoms with Crippen LogP contribution in [0.4, 0.5) is 4.39 Å². The molecule has 2 aromatic rings. The molecule has 80 valence electrons. The van der Waals surface area contributed by atoms with E-state index in [0.29, 0.717) is 6.61 Å². The van der Waals surface area contributed by atoms with E-state index in [1.165, 1.54) is 12.1 Å². The van der Waals surface area contributed by atoms with Gasteiger partial charge in [0.05, 0.1) is 12.1 Å². The molecule has 1 aromatic heterocycles. The second-order valence-corrected chi connectivity index (χ2v) is 3.41. The molecule has 2 rings (SSSR count). The molecule has 2 N–H and O–H groups in total. The number of aromatic nitrogens is 1. The molecule has 0 spiro atoms. The Morgan fingerprint density at radius 2 is 2.27 bits per heavy atom. The molecule has 1 aromatic carbocycles. The fraction of sp³-hybridized carbons (Fsp3) is 0.273. The van der Waals surface area contributed by atoms with Gasteiger partial charge in [0.25, 0.3) is 0 Å². The van der Waals surface area contributed by atoms with E-state index in [4.69, 9.17) is 5.90 Å². The summed E-state index contributed by atoms with van der Waals surface area (Å²) in [7, 11) is 0. The van der Waals surface area contributed by atoms with E-state index in [1.807, 2.05) is 17.7 Å². The van der Waals surface area contributed by atoms with Crippen LogP contribution >= 0.6 is 0 Å². The Bertz CT molecular complexity index is 479. The van der Waals surface area contributed by atoms with E-state index < -0.39 is 0 Å². The average Bonchev–Trinajstić information content (AvgIpc) is 2.56. The van der Waals surface area contributed by atoms with Crippen molar-refractivity contribution < 1.29 is 9.23 Å². The predicted octanol–water partition coefficient (Wildman–Crippen LogP) is 2.19. The van der Waals surface area contributed by atoms with Crippen molar-refractivity contribution in [2.75, 3.05) is 0 Å². The molecule has 0 amide bonds. The SMILES string of the molecule is CCn1cc(CON)c2ccc(F)cc21. The molecule has 0 fully saturated rings. The minimum Gasteiger partial charge on any atom is -0.347 e.